The molecule has 8 heteroatoms. The summed E-state index contributed by atoms with van der Waals surface area (Å²) >= 11 is 0. The zero-order valence-corrected chi connectivity index (χ0v) is 20.8. The van der Waals surface area contributed by atoms with E-state index >= 15 is 0 Å². The maximum Gasteiger partial charge on any atom is 0.331 e. The summed E-state index contributed by atoms with van der Waals surface area (Å²) in [5, 5.41) is 28.9. The Morgan fingerprint density at radius 1 is 0.972 bits per heavy atom. The van der Waals surface area contributed by atoms with E-state index in [1.165, 1.54) is 6.08 Å². The van der Waals surface area contributed by atoms with Gasteiger partial charge in [0.2, 0.25) is 0 Å². The molecule has 0 spiro atoms. The van der Waals surface area contributed by atoms with E-state index in [9.17, 15) is 24.6 Å². The van der Waals surface area contributed by atoms with Gasteiger partial charge in [-0.15, -0.1) is 0 Å². The third-order valence-electron chi connectivity index (χ3n) is 5.05. The lowest BCUT2D eigenvalue weighted by atomic mass is 10.1. The Morgan fingerprint density at radius 3 is 2.44 bits per heavy atom. The van der Waals surface area contributed by atoms with Crippen LogP contribution in [0, 0.1) is 0 Å². The summed E-state index contributed by atoms with van der Waals surface area (Å²) in [5.74, 6) is -2.16. The summed E-state index contributed by atoms with van der Waals surface area (Å²) in [6.07, 6.45) is 20.5. The molecule has 0 unspecified atom stereocenters. The molecule has 3 N–H and O–H groups in total. The second-order valence-electron chi connectivity index (χ2n) is 8.44. The number of carboxylic acids is 1. The van der Waals surface area contributed by atoms with Crippen molar-refractivity contribution in [3.63, 3.8) is 0 Å². The number of hydrogen-bond donors (Lipinski definition) is 3. The van der Waals surface area contributed by atoms with Crippen LogP contribution in [0.5, 0.6) is 0 Å². The maximum atomic E-state index is 11.9. The molecule has 1 aliphatic heterocycles. The number of aliphatic hydroxyl groups excluding tert-OH is 2. The Balaban J connectivity index is 2.86. The number of aliphatic hydroxyl groups is 2. The number of rotatable bonds is 4. The molecule has 0 saturated carbocycles. The van der Waals surface area contributed by atoms with Crippen molar-refractivity contribution in [1.29, 1.82) is 0 Å². The van der Waals surface area contributed by atoms with Gasteiger partial charge in [0.1, 0.15) is 6.10 Å². The van der Waals surface area contributed by atoms with Gasteiger partial charge in [-0.1, -0.05) is 60.8 Å². The fourth-order valence-electron chi connectivity index (χ4n) is 3.17. The molecule has 0 amide bonds. The number of carboxylic acid groups (broad SMARTS) is 1. The van der Waals surface area contributed by atoms with Crippen LogP contribution in [-0.2, 0) is 23.9 Å². The highest BCUT2D eigenvalue weighted by atomic mass is 16.5. The highest BCUT2D eigenvalue weighted by molar-refractivity contribution is 5.82. The van der Waals surface area contributed by atoms with Gasteiger partial charge >= 0.3 is 17.9 Å². The van der Waals surface area contributed by atoms with Gasteiger partial charge in [0.05, 0.1) is 31.2 Å². The van der Waals surface area contributed by atoms with E-state index in [0.29, 0.717) is 19.3 Å². The third kappa shape index (κ3) is 17.2. The van der Waals surface area contributed by atoms with Gasteiger partial charge < -0.3 is 24.8 Å². The molecule has 198 valence electrons. The SMILES string of the molecule is C[C@@H]1CCCC=CC=C[C@H](O)C[C@@H](O)CC=CC=C[C@@H](OC(=O)CCC(=O)O)CC=CC=CC(=O)O1. The second-order valence-corrected chi connectivity index (χ2v) is 8.44. The molecule has 1 heterocycles. The number of cyclic esters (lactones) is 1. The van der Waals surface area contributed by atoms with E-state index in [1.54, 1.807) is 54.7 Å². The Kier molecular flexibility index (Phi) is 16.3. The molecule has 0 aromatic carbocycles. The zero-order chi connectivity index (χ0) is 26.6. The molecule has 8 nitrogen and oxygen atoms in total. The molecule has 0 bridgehead atoms. The van der Waals surface area contributed by atoms with E-state index in [1.807, 2.05) is 19.1 Å². The number of aliphatic carboxylic acids is 1. The van der Waals surface area contributed by atoms with Crippen LogP contribution in [-0.4, -0.2) is 57.6 Å². The number of allylic oxidation sites excluding steroid dienone is 7. The van der Waals surface area contributed by atoms with Gasteiger partial charge in [-0.3, -0.25) is 9.59 Å². The molecular weight excluding hydrogens is 464 g/mol. The van der Waals surface area contributed by atoms with Gasteiger partial charge in [0, 0.05) is 18.9 Å². The predicted molar refractivity (Wildman–Crippen MR) is 137 cm³/mol. The molecule has 0 fully saturated rings. The lowest BCUT2D eigenvalue weighted by Gasteiger charge is -2.12. The highest BCUT2D eigenvalue weighted by Gasteiger charge is 2.12. The summed E-state index contributed by atoms with van der Waals surface area (Å²) in [6, 6.07) is 0. The van der Waals surface area contributed by atoms with Crippen LogP contribution in [0.15, 0.2) is 72.9 Å². The molecule has 0 aromatic heterocycles. The quantitative estimate of drug-likeness (QED) is 0.490. The number of ether oxygens (including phenoxy) is 2. The number of esters is 2. The smallest absolute Gasteiger partial charge is 0.331 e. The lowest BCUT2D eigenvalue weighted by Crippen LogP contribution is -2.16. The van der Waals surface area contributed by atoms with Gasteiger partial charge in [-0.25, -0.2) is 4.79 Å². The summed E-state index contributed by atoms with van der Waals surface area (Å²) in [6.45, 7) is 1.83. The van der Waals surface area contributed by atoms with Crippen molar-refractivity contribution < 1.29 is 39.2 Å². The van der Waals surface area contributed by atoms with Gasteiger partial charge in [0.15, 0.2) is 0 Å². The second kappa shape index (κ2) is 19.0. The monoisotopic (exact) mass is 502 g/mol. The minimum absolute atomic E-state index is 0.198. The van der Waals surface area contributed by atoms with Gasteiger partial charge in [-0.2, -0.15) is 0 Å². The number of carbonyl (C=O) groups is 3. The van der Waals surface area contributed by atoms with Gasteiger partial charge in [-0.05, 0) is 38.7 Å². The minimum Gasteiger partial charge on any atom is -0.481 e. The largest absolute Gasteiger partial charge is 0.481 e. The molecule has 0 radical (unpaired) electrons. The van der Waals surface area contributed by atoms with Crippen LogP contribution >= 0.6 is 0 Å². The Bertz CT molecular complexity index is 850. The van der Waals surface area contributed by atoms with Crippen molar-refractivity contribution in [2.45, 2.75) is 82.7 Å². The predicted octanol–water partition coefficient (Wildman–Crippen LogP) is 4.11. The third-order valence-corrected chi connectivity index (χ3v) is 5.05. The van der Waals surface area contributed by atoms with Crippen molar-refractivity contribution in [1.82, 2.24) is 0 Å². The summed E-state index contributed by atoms with van der Waals surface area (Å²) in [7, 11) is 0. The molecule has 0 aliphatic carbocycles. The standard InChI is InChI=1S/C28H38O8/c1-22-13-7-3-2-4-8-14-23(29)21-24(30)15-9-5-10-16-25(36-28(34)20-19-26(31)32)17-11-6-12-18-27(33)35-22/h2,4-6,8-12,14,16,18,22-25,29-30H,3,7,13,15,17,19-21H2,1H3,(H,31,32)/t22-,23+,24+,25-/m1/s1. The molecular formula is C28H38O8. The van der Waals surface area contributed by atoms with Crippen LogP contribution in [0.25, 0.3) is 0 Å². The van der Waals surface area contributed by atoms with E-state index in [4.69, 9.17) is 14.6 Å². The van der Waals surface area contributed by atoms with E-state index in [0.717, 1.165) is 12.8 Å². The van der Waals surface area contributed by atoms with Crippen molar-refractivity contribution >= 4 is 17.9 Å². The first-order valence-corrected chi connectivity index (χ1v) is 12.2. The van der Waals surface area contributed by atoms with Gasteiger partial charge in [0.25, 0.3) is 0 Å². The first-order chi connectivity index (χ1) is 17.3. The van der Waals surface area contributed by atoms with Crippen molar-refractivity contribution in [2.75, 3.05) is 0 Å². The normalized spacial score (nSPS) is 25.1. The van der Waals surface area contributed by atoms with Crippen molar-refractivity contribution in [3.8, 4) is 0 Å². The van der Waals surface area contributed by atoms with Crippen LogP contribution in [0.3, 0.4) is 0 Å². The van der Waals surface area contributed by atoms with Crippen molar-refractivity contribution in [3.05, 3.63) is 72.9 Å². The van der Waals surface area contributed by atoms with E-state index < -0.39 is 36.2 Å². The fraction of sp³-hybridized carbons (Fsp3) is 0.464. The summed E-state index contributed by atoms with van der Waals surface area (Å²) in [5.41, 5.74) is 0. The highest BCUT2D eigenvalue weighted by Crippen LogP contribution is 2.09. The Morgan fingerprint density at radius 2 is 1.67 bits per heavy atom. The molecule has 1 aliphatic rings. The van der Waals surface area contributed by atoms with Crippen LogP contribution in [0.1, 0.15) is 58.3 Å². The number of carbonyl (C=O) groups excluding carboxylic acids is 2. The maximum absolute atomic E-state index is 11.9. The average Bonchev–Trinajstić information content (AvgIpc) is 2.80. The van der Waals surface area contributed by atoms with E-state index in [-0.39, 0.29) is 25.4 Å². The van der Waals surface area contributed by atoms with Crippen molar-refractivity contribution in [2.24, 2.45) is 0 Å². The van der Waals surface area contributed by atoms with E-state index in [2.05, 4.69) is 0 Å². The number of hydrogen-bond acceptors (Lipinski definition) is 7. The van der Waals surface area contributed by atoms with Crippen LogP contribution in [0.2, 0.25) is 0 Å². The molecule has 36 heavy (non-hydrogen) atoms. The molecule has 0 aromatic rings. The van der Waals surface area contributed by atoms with Crippen LogP contribution < -0.4 is 0 Å². The fourth-order valence-corrected chi connectivity index (χ4v) is 3.17. The Hall–Kier alpha value is -3.23. The average molecular weight is 503 g/mol. The van der Waals surface area contributed by atoms with Crippen LogP contribution in [0.4, 0.5) is 0 Å². The zero-order valence-electron chi connectivity index (χ0n) is 20.8. The lowest BCUT2D eigenvalue weighted by molar-refractivity contribution is -0.150. The first kappa shape index (κ1) is 30.8. The molecule has 0 saturated heterocycles. The first-order valence-electron chi connectivity index (χ1n) is 12.2. The Labute approximate surface area is 213 Å². The topological polar surface area (TPSA) is 130 Å². The minimum atomic E-state index is -1.08. The summed E-state index contributed by atoms with van der Waals surface area (Å²) in [4.78, 5) is 34.6. The molecule has 4 atom stereocenters. The molecule has 1 rings (SSSR count). The summed E-state index contributed by atoms with van der Waals surface area (Å²) < 4.78 is 10.7.